The Hall–Kier alpha value is 0.520. The zero-order chi connectivity index (χ0) is 34.8. The van der Waals surface area contributed by atoms with Gasteiger partial charge in [-0.15, -0.1) is 0 Å². The van der Waals surface area contributed by atoms with Gasteiger partial charge in [-0.3, -0.25) is 23.2 Å². The molecule has 0 spiro atoms. The van der Waals surface area contributed by atoms with E-state index in [-0.39, 0.29) is 13.0 Å². The molecule has 0 fully saturated rings. The summed E-state index contributed by atoms with van der Waals surface area (Å²) < 4.78 is 47.8. The molecule has 0 aromatic rings. The van der Waals surface area contributed by atoms with E-state index >= 15 is 0 Å². The molecule has 0 aliphatic carbocycles. The van der Waals surface area contributed by atoms with Crippen LogP contribution >= 0.6 is 30.4 Å². The van der Waals surface area contributed by atoms with Crippen molar-refractivity contribution in [3.8, 4) is 0 Å². The Bertz CT molecular complexity index is 885. The van der Waals surface area contributed by atoms with Gasteiger partial charge in [0.05, 0.1) is 27.2 Å². The van der Waals surface area contributed by atoms with E-state index in [1.807, 2.05) is 14.1 Å². The second-order valence-corrected chi connectivity index (χ2v) is 21.1. The molecule has 0 saturated carbocycles. The van der Waals surface area contributed by atoms with Gasteiger partial charge in [0.1, 0.15) is 0 Å². The standard InChI is InChI=1S/C27H62N2O12P4/c1-4-5-6-7-8-9-10-11-12-13-14-15-16-17-18-19-22-29(2,3)23-20-21-28(24-26(42(30,31)32)43(33,34)35)25-27(44(36,37)38)45(39,40)41/h26-27H,4-25H2,1-3H3,(H7-,30,31,32,33,34,35,36,37,38,39,40,41)/p+1. The maximum atomic E-state index is 11.8. The predicted octanol–water partition coefficient (Wildman–Crippen LogP) is 5.38. The topological polar surface area (TPSA) is 233 Å². The first-order valence-corrected chi connectivity index (χ1v) is 23.1. The highest BCUT2D eigenvalue weighted by atomic mass is 31.2. The summed E-state index contributed by atoms with van der Waals surface area (Å²) in [7, 11) is -17.5. The van der Waals surface area contributed by atoms with Crippen LogP contribution in [0.25, 0.3) is 0 Å². The van der Waals surface area contributed by atoms with Crippen LogP contribution in [0.1, 0.15) is 116 Å². The minimum absolute atomic E-state index is 0.145. The molecule has 0 atom stereocenters. The van der Waals surface area contributed by atoms with E-state index in [1.54, 1.807) is 0 Å². The molecule has 0 radical (unpaired) electrons. The molecule has 0 heterocycles. The number of quaternary nitrogens is 1. The van der Waals surface area contributed by atoms with Crippen molar-refractivity contribution in [3.63, 3.8) is 0 Å². The van der Waals surface area contributed by atoms with Crippen molar-refractivity contribution in [3.05, 3.63) is 0 Å². The highest BCUT2D eigenvalue weighted by Gasteiger charge is 2.48. The van der Waals surface area contributed by atoms with E-state index in [0.29, 0.717) is 11.0 Å². The van der Waals surface area contributed by atoms with Crippen LogP contribution in [0.2, 0.25) is 0 Å². The lowest BCUT2D eigenvalue weighted by atomic mass is 10.0. The molecule has 0 unspecified atom stereocenters. The summed E-state index contributed by atoms with van der Waals surface area (Å²) in [4.78, 5) is 77.1. The third kappa shape index (κ3) is 23.5. The summed E-state index contributed by atoms with van der Waals surface area (Å²) in [5, 5.41) is -5.02. The molecule has 8 N–H and O–H groups in total. The average molecular weight is 732 g/mol. The van der Waals surface area contributed by atoms with Crippen molar-refractivity contribution in [2.75, 3.05) is 46.8 Å². The summed E-state index contributed by atoms with van der Waals surface area (Å²) >= 11 is 0. The molecule has 0 aliphatic rings. The first-order chi connectivity index (χ1) is 20.6. The summed E-state index contributed by atoms with van der Waals surface area (Å²) in [6.07, 6.45) is 20.6. The third-order valence-corrected chi connectivity index (χ3v) is 15.6. The Balaban J connectivity index is 4.63. The highest BCUT2D eigenvalue weighted by molar-refractivity contribution is 7.71. The SMILES string of the molecule is CCCCCCCCCCCCCCCCCC[N+](C)(C)CCCN(CC(P(=O)(O)O)P(=O)(O)O)CC(P(=O)(O)O)P(=O)(O)O. The van der Waals surface area contributed by atoms with E-state index < -0.39 is 54.3 Å². The summed E-state index contributed by atoms with van der Waals surface area (Å²) in [6, 6.07) is 0. The lowest BCUT2D eigenvalue weighted by molar-refractivity contribution is -0.890. The highest BCUT2D eigenvalue weighted by Crippen LogP contribution is 2.62. The Morgan fingerprint density at radius 1 is 0.467 bits per heavy atom. The molecule has 0 aromatic heterocycles. The Morgan fingerprint density at radius 3 is 1.02 bits per heavy atom. The second-order valence-electron chi connectivity index (χ2n) is 13.1. The Morgan fingerprint density at radius 2 is 0.733 bits per heavy atom. The normalized spacial score (nSPS) is 13.9. The minimum Gasteiger partial charge on any atom is -0.328 e. The molecule has 0 amide bonds. The minimum atomic E-state index is -5.38. The van der Waals surface area contributed by atoms with Crippen molar-refractivity contribution >= 4 is 30.4 Å². The van der Waals surface area contributed by atoms with Gasteiger partial charge in [-0.05, 0) is 12.8 Å². The molecular formula is C27H63N2O12P4+. The number of nitrogens with zero attached hydrogens (tertiary/aromatic N) is 2. The van der Waals surface area contributed by atoms with Gasteiger partial charge in [0.2, 0.25) is 0 Å². The lowest BCUT2D eigenvalue weighted by Crippen LogP contribution is -2.44. The molecule has 0 bridgehead atoms. The molecular weight excluding hydrogens is 668 g/mol. The molecule has 0 aliphatic heterocycles. The number of rotatable bonds is 29. The van der Waals surface area contributed by atoms with Crippen LogP contribution in [0.3, 0.4) is 0 Å². The van der Waals surface area contributed by atoms with Gasteiger partial charge in [0.15, 0.2) is 10.8 Å². The van der Waals surface area contributed by atoms with Crippen LogP contribution in [-0.4, -0.2) is 106 Å². The van der Waals surface area contributed by atoms with Crippen LogP contribution in [0.5, 0.6) is 0 Å². The van der Waals surface area contributed by atoms with Crippen LogP contribution in [0, 0.1) is 0 Å². The van der Waals surface area contributed by atoms with E-state index in [2.05, 4.69) is 6.92 Å². The van der Waals surface area contributed by atoms with Crippen molar-refractivity contribution in [2.45, 2.75) is 127 Å². The van der Waals surface area contributed by atoms with Crippen molar-refractivity contribution in [1.29, 1.82) is 0 Å². The Labute approximate surface area is 270 Å². The molecule has 0 rings (SSSR count). The van der Waals surface area contributed by atoms with E-state index in [9.17, 15) is 57.4 Å². The first kappa shape index (κ1) is 45.5. The monoisotopic (exact) mass is 731 g/mol. The molecule has 272 valence electrons. The molecule has 45 heavy (non-hydrogen) atoms. The van der Waals surface area contributed by atoms with E-state index in [1.165, 1.54) is 83.5 Å². The second kappa shape index (κ2) is 22.3. The maximum Gasteiger partial charge on any atom is 0.342 e. The van der Waals surface area contributed by atoms with Crippen LogP contribution in [0.15, 0.2) is 0 Å². The quantitative estimate of drug-likeness (QED) is 0.0275. The zero-order valence-electron chi connectivity index (χ0n) is 27.6. The fourth-order valence-corrected chi connectivity index (χ4v) is 10.4. The average Bonchev–Trinajstić information content (AvgIpc) is 2.86. The van der Waals surface area contributed by atoms with Gasteiger partial charge >= 0.3 is 30.4 Å². The zero-order valence-corrected chi connectivity index (χ0v) is 31.2. The van der Waals surface area contributed by atoms with Gasteiger partial charge in [-0.1, -0.05) is 96.8 Å². The van der Waals surface area contributed by atoms with Gasteiger partial charge < -0.3 is 43.6 Å². The van der Waals surface area contributed by atoms with Crippen molar-refractivity contribution in [1.82, 2.24) is 4.90 Å². The Kier molecular flexibility index (Phi) is 22.5. The van der Waals surface area contributed by atoms with Gasteiger partial charge in [-0.25, -0.2) is 0 Å². The maximum absolute atomic E-state index is 11.8. The fraction of sp³-hybridized carbons (Fsp3) is 1.00. The summed E-state index contributed by atoms with van der Waals surface area (Å²) in [6.45, 7) is 1.44. The van der Waals surface area contributed by atoms with Gasteiger partial charge in [-0.2, -0.15) is 0 Å². The van der Waals surface area contributed by atoms with Crippen LogP contribution in [0.4, 0.5) is 0 Å². The van der Waals surface area contributed by atoms with Crippen molar-refractivity contribution < 1.29 is 61.9 Å². The third-order valence-electron chi connectivity index (χ3n) is 8.25. The number of hydrogen-bond acceptors (Lipinski definition) is 5. The number of hydrogen-bond donors (Lipinski definition) is 8. The summed E-state index contributed by atoms with van der Waals surface area (Å²) in [5.74, 6) is 0. The first-order valence-electron chi connectivity index (χ1n) is 16.4. The van der Waals surface area contributed by atoms with E-state index in [4.69, 9.17) is 0 Å². The van der Waals surface area contributed by atoms with Gasteiger partial charge in [0, 0.05) is 26.1 Å². The molecule has 0 saturated heterocycles. The fourth-order valence-electron chi connectivity index (χ4n) is 5.46. The molecule has 14 nitrogen and oxygen atoms in total. The van der Waals surface area contributed by atoms with Gasteiger partial charge in [0.25, 0.3) is 0 Å². The van der Waals surface area contributed by atoms with Crippen LogP contribution in [-0.2, 0) is 18.3 Å². The molecule has 18 heteroatoms. The lowest BCUT2D eigenvalue weighted by Gasteiger charge is -2.34. The van der Waals surface area contributed by atoms with Crippen molar-refractivity contribution in [2.24, 2.45) is 0 Å². The largest absolute Gasteiger partial charge is 0.342 e. The van der Waals surface area contributed by atoms with Crippen LogP contribution < -0.4 is 0 Å². The summed E-state index contributed by atoms with van der Waals surface area (Å²) in [5.41, 5.74) is 0. The molecule has 0 aromatic carbocycles. The predicted molar refractivity (Wildman–Crippen MR) is 178 cm³/mol. The number of unbranched alkanes of at least 4 members (excludes halogenated alkanes) is 15. The smallest absolute Gasteiger partial charge is 0.328 e. The van der Waals surface area contributed by atoms with E-state index in [0.717, 1.165) is 30.7 Å².